The van der Waals surface area contributed by atoms with Crippen LogP contribution in [0.1, 0.15) is 24.0 Å². The fourth-order valence-corrected chi connectivity index (χ4v) is 2.47. The molecule has 0 radical (unpaired) electrons. The molecule has 0 aliphatic carbocycles. The standard InChI is InChI=1S/C18H27N3O2.HI/c1-4-9-20-18(19-3)21-12-15-8-7-14(2)11-17(15)23-13-16-6-5-10-22-16;/h4,7-8,11,16H,1,5-6,9-10,12-13H2,2-3H3,(H2,19,20,21);1H. The van der Waals surface area contributed by atoms with Gasteiger partial charge in [0.1, 0.15) is 12.4 Å². The Morgan fingerprint density at radius 1 is 1.46 bits per heavy atom. The van der Waals surface area contributed by atoms with Gasteiger partial charge in [0.25, 0.3) is 0 Å². The molecule has 1 fully saturated rings. The Labute approximate surface area is 161 Å². The molecule has 0 bridgehead atoms. The van der Waals surface area contributed by atoms with Crippen molar-refractivity contribution in [1.82, 2.24) is 10.6 Å². The Kier molecular flexibility index (Phi) is 9.78. The molecule has 1 aliphatic rings. The highest BCUT2D eigenvalue weighted by Gasteiger charge is 2.17. The zero-order valence-corrected chi connectivity index (χ0v) is 16.8. The fraction of sp³-hybridized carbons (Fsp3) is 0.500. The van der Waals surface area contributed by atoms with E-state index in [0.29, 0.717) is 19.7 Å². The smallest absolute Gasteiger partial charge is 0.191 e. The van der Waals surface area contributed by atoms with Crippen molar-refractivity contribution in [2.45, 2.75) is 32.4 Å². The molecule has 6 heteroatoms. The number of nitrogens with zero attached hydrogens (tertiary/aromatic N) is 1. The second-order valence-electron chi connectivity index (χ2n) is 5.65. The number of hydrogen-bond acceptors (Lipinski definition) is 3. The zero-order valence-electron chi connectivity index (χ0n) is 14.5. The van der Waals surface area contributed by atoms with Crippen molar-refractivity contribution in [1.29, 1.82) is 0 Å². The van der Waals surface area contributed by atoms with E-state index in [1.54, 1.807) is 13.1 Å². The van der Waals surface area contributed by atoms with Gasteiger partial charge in [-0.05, 0) is 31.4 Å². The SMILES string of the molecule is C=CCNC(=NC)NCc1ccc(C)cc1OCC1CCCO1.I. The largest absolute Gasteiger partial charge is 0.491 e. The summed E-state index contributed by atoms with van der Waals surface area (Å²) in [5.74, 6) is 1.66. The van der Waals surface area contributed by atoms with Crippen LogP contribution in [0.5, 0.6) is 5.75 Å². The van der Waals surface area contributed by atoms with E-state index in [2.05, 4.69) is 47.3 Å². The summed E-state index contributed by atoms with van der Waals surface area (Å²) in [6.07, 6.45) is 4.23. The fourth-order valence-electron chi connectivity index (χ4n) is 2.47. The summed E-state index contributed by atoms with van der Waals surface area (Å²) in [6.45, 7) is 8.55. The van der Waals surface area contributed by atoms with Gasteiger partial charge < -0.3 is 20.1 Å². The topological polar surface area (TPSA) is 54.9 Å². The van der Waals surface area contributed by atoms with Crippen molar-refractivity contribution >= 4 is 29.9 Å². The average Bonchev–Trinajstić information content (AvgIpc) is 3.08. The lowest BCUT2D eigenvalue weighted by molar-refractivity contribution is 0.0676. The molecular weight excluding hydrogens is 417 g/mol. The molecule has 0 amide bonds. The van der Waals surface area contributed by atoms with E-state index in [9.17, 15) is 0 Å². The Morgan fingerprint density at radius 3 is 2.96 bits per heavy atom. The van der Waals surface area contributed by atoms with Crippen molar-refractivity contribution in [3.05, 3.63) is 42.0 Å². The number of halogens is 1. The van der Waals surface area contributed by atoms with Gasteiger partial charge in [0.05, 0.1) is 6.10 Å². The van der Waals surface area contributed by atoms with E-state index in [4.69, 9.17) is 9.47 Å². The summed E-state index contributed by atoms with van der Waals surface area (Å²) >= 11 is 0. The number of rotatable bonds is 7. The minimum Gasteiger partial charge on any atom is -0.491 e. The highest BCUT2D eigenvalue weighted by atomic mass is 127. The third kappa shape index (κ3) is 6.68. The summed E-state index contributed by atoms with van der Waals surface area (Å²) in [5.41, 5.74) is 2.29. The van der Waals surface area contributed by atoms with Crippen LogP contribution in [-0.2, 0) is 11.3 Å². The van der Waals surface area contributed by atoms with Crippen molar-refractivity contribution in [2.75, 3.05) is 26.8 Å². The minimum atomic E-state index is 0. The molecule has 1 aromatic carbocycles. The van der Waals surface area contributed by atoms with E-state index in [0.717, 1.165) is 36.7 Å². The van der Waals surface area contributed by atoms with Gasteiger partial charge in [-0.2, -0.15) is 0 Å². The van der Waals surface area contributed by atoms with E-state index >= 15 is 0 Å². The molecule has 134 valence electrons. The first kappa shape index (κ1) is 20.8. The number of nitrogens with one attached hydrogen (secondary N) is 2. The van der Waals surface area contributed by atoms with Gasteiger partial charge in [-0.3, -0.25) is 4.99 Å². The Morgan fingerprint density at radius 2 is 2.29 bits per heavy atom. The normalized spacial score (nSPS) is 17.1. The molecular formula is C18H28IN3O2. The Hall–Kier alpha value is -1.28. The molecule has 0 saturated carbocycles. The summed E-state index contributed by atoms with van der Waals surface area (Å²) in [6, 6.07) is 6.26. The molecule has 1 aromatic rings. The van der Waals surface area contributed by atoms with Gasteiger partial charge in [0, 0.05) is 32.3 Å². The lowest BCUT2D eigenvalue weighted by atomic mass is 10.1. The lowest BCUT2D eigenvalue weighted by Crippen LogP contribution is -2.36. The number of ether oxygens (including phenoxy) is 2. The van der Waals surface area contributed by atoms with Crippen LogP contribution < -0.4 is 15.4 Å². The van der Waals surface area contributed by atoms with Gasteiger partial charge in [-0.15, -0.1) is 30.6 Å². The lowest BCUT2D eigenvalue weighted by Gasteiger charge is -2.17. The maximum Gasteiger partial charge on any atom is 0.191 e. The maximum absolute atomic E-state index is 6.01. The summed E-state index contributed by atoms with van der Waals surface area (Å²) in [4.78, 5) is 4.18. The number of benzene rings is 1. The molecule has 24 heavy (non-hydrogen) atoms. The first-order valence-electron chi connectivity index (χ1n) is 8.12. The van der Waals surface area contributed by atoms with Crippen molar-refractivity contribution < 1.29 is 9.47 Å². The van der Waals surface area contributed by atoms with Crippen LogP contribution in [0.2, 0.25) is 0 Å². The van der Waals surface area contributed by atoms with Crippen LogP contribution >= 0.6 is 24.0 Å². The molecule has 1 heterocycles. The molecule has 5 nitrogen and oxygen atoms in total. The van der Waals surface area contributed by atoms with E-state index in [1.807, 2.05) is 0 Å². The van der Waals surface area contributed by atoms with E-state index < -0.39 is 0 Å². The van der Waals surface area contributed by atoms with Crippen LogP contribution in [0.3, 0.4) is 0 Å². The first-order chi connectivity index (χ1) is 11.2. The second kappa shape index (κ2) is 11.3. The van der Waals surface area contributed by atoms with E-state index in [-0.39, 0.29) is 30.1 Å². The molecule has 1 atom stereocenters. The molecule has 1 unspecified atom stereocenters. The van der Waals surface area contributed by atoms with Crippen LogP contribution in [0.15, 0.2) is 35.8 Å². The summed E-state index contributed by atoms with van der Waals surface area (Å²) in [7, 11) is 1.75. The highest BCUT2D eigenvalue weighted by Crippen LogP contribution is 2.22. The third-order valence-corrected chi connectivity index (χ3v) is 3.76. The monoisotopic (exact) mass is 445 g/mol. The van der Waals surface area contributed by atoms with Gasteiger partial charge in [-0.1, -0.05) is 18.2 Å². The molecule has 1 aliphatic heterocycles. The van der Waals surface area contributed by atoms with Crippen LogP contribution in [0, 0.1) is 6.92 Å². The number of aryl methyl sites for hydroxylation is 1. The Bertz CT molecular complexity index is 543. The zero-order chi connectivity index (χ0) is 16.5. The number of aliphatic imine (C=N–C) groups is 1. The first-order valence-corrected chi connectivity index (χ1v) is 8.12. The van der Waals surface area contributed by atoms with Gasteiger partial charge in [0.15, 0.2) is 5.96 Å². The molecule has 2 rings (SSSR count). The molecule has 1 saturated heterocycles. The van der Waals surface area contributed by atoms with Crippen LogP contribution in [0.4, 0.5) is 0 Å². The Balaban J connectivity index is 0.00000288. The molecule has 2 N–H and O–H groups in total. The average molecular weight is 445 g/mol. The number of hydrogen-bond donors (Lipinski definition) is 2. The minimum absolute atomic E-state index is 0. The van der Waals surface area contributed by atoms with E-state index in [1.165, 1.54) is 5.56 Å². The van der Waals surface area contributed by atoms with Gasteiger partial charge >= 0.3 is 0 Å². The third-order valence-electron chi connectivity index (χ3n) is 3.76. The summed E-state index contributed by atoms with van der Waals surface area (Å²) < 4.78 is 11.6. The predicted molar refractivity (Wildman–Crippen MR) is 109 cm³/mol. The van der Waals surface area contributed by atoms with Crippen molar-refractivity contribution in [3.63, 3.8) is 0 Å². The predicted octanol–water partition coefficient (Wildman–Crippen LogP) is 3.02. The van der Waals surface area contributed by atoms with Crippen LogP contribution in [0.25, 0.3) is 0 Å². The second-order valence-corrected chi connectivity index (χ2v) is 5.65. The van der Waals surface area contributed by atoms with Gasteiger partial charge in [-0.25, -0.2) is 0 Å². The highest BCUT2D eigenvalue weighted by molar-refractivity contribution is 14.0. The quantitative estimate of drug-likeness (QED) is 0.293. The van der Waals surface area contributed by atoms with Crippen LogP contribution in [-0.4, -0.2) is 38.9 Å². The maximum atomic E-state index is 6.01. The van der Waals surface area contributed by atoms with Crippen molar-refractivity contribution in [3.8, 4) is 5.75 Å². The number of guanidine groups is 1. The van der Waals surface area contributed by atoms with Crippen molar-refractivity contribution in [2.24, 2.45) is 4.99 Å². The molecule has 0 aromatic heterocycles. The summed E-state index contributed by atoms with van der Waals surface area (Å²) in [5, 5.41) is 6.45. The molecule has 0 spiro atoms. The van der Waals surface area contributed by atoms with Gasteiger partial charge in [0.2, 0.25) is 0 Å².